The zero-order valence-electron chi connectivity index (χ0n) is 11.2. The Bertz CT molecular complexity index is 795. The van der Waals surface area contributed by atoms with Crippen molar-refractivity contribution in [3.8, 4) is 11.8 Å². The zero-order valence-corrected chi connectivity index (χ0v) is 12.7. The van der Waals surface area contributed by atoms with Gasteiger partial charge in [0.15, 0.2) is 0 Å². The number of hydrogen-bond acceptors (Lipinski definition) is 3. The molecule has 1 amide bonds. The Morgan fingerprint density at radius 1 is 1.18 bits per heavy atom. The van der Waals surface area contributed by atoms with Crippen molar-refractivity contribution < 1.29 is 9.90 Å². The third-order valence-electron chi connectivity index (χ3n) is 2.78. The molecule has 0 spiro atoms. The van der Waals surface area contributed by atoms with Crippen LogP contribution in [0, 0.1) is 11.3 Å². The van der Waals surface area contributed by atoms with E-state index in [1.807, 2.05) is 0 Å². The zero-order chi connectivity index (χ0) is 16.1. The molecule has 0 aliphatic rings. The molecule has 0 atom stereocenters. The van der Waals surface area contributed by atoms with Gasteiger partial charge >= 0.3 is 0 Å². The van der Waals surface area contributed by atoms with Crippen molar-refractivity contribution in [2.24, 2.45) is 0 Å². The molecule has 0 unspecified atom stereocenters. The highest BCUT2D eigenvalue weighted by molar-refractivity contribution is 6.42. The Labute approximate surface area is 137 Å². The van der Waals surface area contributed by atoms with Crippen molar-refractivity contribution in [1.82, 2.24) is 0 Å². The highest BCUT2D eigenvalue weighted by Gasteiger charge is 2.11. The smallest absolute Gasteiger partial charge is 0.266 e. The molecule has 2 aromatic rings. The number of anilines is 1. The number of carbonyl (C=O) groups excluding carboxylic acids is 1. The number of phenolic OH excluding ortho intramolecular Hbond substituents is 1. The second-order valence-electron chi connectivity index (χ2n) is 4.31. The molecule has 0 saturated carbocycles. The number of benzene rings is 2. The third kappa shape index (κ3) is 3.79. The number of aromatic hydroxyl groups is 1. The molecule has 0 fully saturated rings. The molecule has 6 heteroatoms. The van der Waals surface area contributed by atoms with E-state index in [1.165, 1.54) is 24.3 Å². The Kier molecular flexibility index (Phi) is 5.05. The molecule has 0 saturated heterocycles. The van der Waals surface area contributed by atoms with Gasteiger partial charge in [-0.1, -0.05) is 41.4 Å². The van der Waals surface area contributed by atoms with Crippen molar-refractivity contribution >= 4 is 40.9 Å². The maximum absolute atomic E-state index is 12.1. The van der Waals surface area contributed by atoms with Gasteiger partial charge in [-0.05, 0) is 30.3 Å². The van der Waals surface area contributed by atoms with Gasteiger partial charge in [0, 0.05) is 11.3 Å². The van der Waals surface area contributed by atoms with E-state index in [0.717, 1.165) is 0 Å². The van der Waals surface area contributed by atoms with Gasteiger partial charge in [0.1, 0.15) is 17.4 Å². The summed E-state index contributed by atoms with van der Waals surface area (Å²) in [5.41, 5.74) is 0.647. The topological polar surface area (TPSA) is 73.1 Å². The lowest BCUT2D eigenvalue weighted by molar-refractivity contribution is -0.112. The predicted octanol–water partition coefficient (Wildman–Crippen LogP) is 4.24. The van der Waals surface area contributed by atoms with Crippen LogP contribution in [0.15, 0.2) is 48.0 Å². The second kappa shape index (κ2) is 6.99. The maximum atomic E-state index is 12.1. The molecule has 0 bridgehead atoms. The van der Waals surface area contributed by atoms with Crippen LogP contribution in [-0.2, 0) is 4.79 Å². The number of halogens is 2. The Morgan fingerprint density at radius 3 is 2.55 bits per heavy atom. The number of phenols is 1. The van der Waals surface area contributed by atoms with E-state index in [9.17, 15) is 9.90 Å². The highest BCUT2D eigenvalue weighted by Crippen LogP contribution is 2.25. The summed E-state index contributed by atoms with van der Waals surface area (Å²) in [4.78, 5) is 12.1. The molecule has 0 aliphatic heterocycles. The first-order valence-corrected chi connectivity index (χ1v) is 6.93. The minimum absolute atomic E-state index is 0.0161. The van der Waals surface area contributed by atoms with Gasteiger partial charge in [0.05, 0.1) is 10.0 Å². The average Bonchev–Trinajstić information content (AvgIpc) is 2.50. The Balaban J connectivity index is 2.24. The lowest BCUT2D eigenvalue weighted by Crippen LogP contribution is -2.13. The first-order chi connectivity index (χ1) is 10.5. The largest absolute Gasteiger partial charge is 0.507 e. The van der Waals surface area contributed by atoms with Gasteiger partial charge < -0.3 is 10.4 Å². The number of nitriles is 1. The van der Waals surface area contributed by atoms with Crippen molar-refractivity contribution in [2.45, 2.75) is 0 Å². The van der Waals surface area contributed by atoms with Crippen LogP contribution >= 0.6 is 23.2 Å². The fourth-order valence-electron chi connectivity index (χ4n) is 1.69. The van der Waals surface area contributed by atoms with Crippen molar-refractivity contribution in [3.63, 3.8) is 0 Å². The first kappa shape index (κ1) is 15.9. The summed E-state index contributed by atoms with van der Waals surface area (Å²) in [7, 11) is 0. The normalized spacial score (nSPS) is 10.9. The molecule has 4 nitrogen and oxygen atoms in total. The van der Waals surface area contributed by atoms with Gasteiger partial charge in [-0.25, -0.2) is 0 Å². The van der Waals surface area contributed by atoms with Crippen LogP contribution in [0.3, 0.4) is 0 Å². The molecule has 0 aliphatic carbocycles. The lowest BCUT2D eigenvalue weighted by atomic mass is 10.1. The molecular weight excluding hydrogens is 323 g/mol. The Morgan fingerprint density at radius 2 is 1.91 bits per heavy atom. The summed E-state index contributed by atoms with van der Waals surface area (Å²) in [6, 6.07) is 12.8. The van der Waals surface area contributed by atoms with E-state index in [1.54, 1.807) is 30.3 Å². The van der Waals surface area contributed by atoms with Crippen LogP contribution in [0.1, 0.15) is 5.56 Å². The van der Waals surface area contributed by atoms with E-state index in [0.29, 0.717) is 21.3 Å². The monoisotopic (exact) mass is 332 g/mol. The van der Waals surface area contributed by atoms with E-state index in [-0.39, 0.29) is 11.3 Å². The standard InChI is InChI=1S/C16H10Cl2N2O2/c17-13-6-5-12(8-14(13)18)20-16(22)11(9-19)7-10-3-1-2-4-15(10)21/h1-8,21H,(H,20,22)/b11-7+. The van der Waals surface area contributed by atoms with Gasteiger partial charge in [-0.15, -0.1) is 0 Å². The van der Waals surface area contributed by atoms with Crippen LogP contribution in [0.25, 0.3) is 6.08 Å². The Hall–Kier alpha value is -2.48. The van der Waals surface area contributed by atoms with Crippen LogP contribution in [0.2, 0.25) is 10.0 Å². The fraction of sp³-hybridized carbons (Fsp3) is 0. The molecule has 0 aromatic heterocycles. The number of hydrogen-bond donors (Lipinski definition) is 2. The molecule has 110 valence electrons. The SMILES string of the molecule is N#C/C(=C\c1ccccc1O)C(=O)Nc1ccc(Cl)c(Cl)c1. The van der Waals surface area contributed by atoms with Gasteiger partial charge in [0.2, 0.25) is 0 Å². The minimum atomic E-state index is -0.607. The summed E-state index contributed by atoms with van der Waals surface area (Å²) in [6.07, 6.45) is 1.31. The molecule has 22 heavy (non-hydrogen) atoms. The summed E-state index contributed by atoms with van der Waals surface area (Å²) < 4.78 is 0. The summed E-state index contributed by atoms with van der Waals surface area (Å²) in [6.45, 7) is 0. The van der Waals surface area contributed by atoms with E-state index in [4.69, 9.17) is 28.5 Å². The van der Waals surface area contributed by atoms with E-state index in [2.05, 4.69) is 5.32 Å². The van der Waals surface area contributed by atoms with E-state index >= 15 is 0 Å². The molecule has 2 aromatic carbocycles. The molecule has 0 radical (unpaired) electrons. The number of para-hydroxylation sites is 1. The van der Waals surface area contributed by atoms with Crippen molar-refractivity contribution in [1.29, 1.82) is 5.26 Å². The van der Waals surface area contributed by atoms with Crippen LogP contribution in [0.5, 0.6) is 5.75 Å². The number of nitrogens with one attached hydrogen (secondary N) is 1. The van der Waals surface area contributed by atoms with E-state index < -0.39 is 5.91 Å². The molecule has 0 heterocycles. The second-order valence-corrected chi connectivity index (χ2v) is 5.13. The van der Waals surface area contributed by atoms with Gasteiger partial charge in [-0.3, -0.25) is 4.79 Å². The van der Waals surface area contributed by atoms with Crippen molar-refractivity contribution in [3.05, 3.63) is 63.6 Å². The van der Waals surface area contributed by atoms with Gasteiger partial charge in [0.25, 0.3) is 5.91 Å². The molecular formula is C16H10Cl2N2O2. The lowest BCUT2D eigenvalue weighted by Gasteiger charge is -2.06. The molecule has 2 rings (SSSR count). The van der Waals surface area contributed by atoms with Crippen molar-refractivity contribution in [2.75, 3.05) is 5.32 Å². The summed E-state index contributed by atoms with van der Waals surface area (Å²) in [5, 5.41) is 22.0. The summed E-state index contributed by atoms with van der Waals surface area (Å²) >= 11 is 11.7. The fourth-order valence-corrected chi connectivity index (χ4v) is 1.98. The highest BCUT2D eigenvalue weighted by atomic mass is 35.5. The number of amides is 1. The quantitative estimate of drug-likeness (QED) is 0.652. The predicted molar refractivity (Wildman–Crippen MR) is 86.8 cm³/mol. The third-order valence-corrected chi connectivity index (χ3v) is 3.52. The van der Waals surface area contributed by atoms with Crippen LogP contribution < -0.4 is 5.32 Å². The molecule has 2 N–H and O–H groups in total. The van der Waals surface area contributed by atoms with Crippen LogP contribution in [0.4, 0.5) is 5.69 Å². The average molecular weight is 333 g/mol. The first-order valence-electron chi connectivity index (χ1n) is 6.17. The number of carbonyl (C=O) groups is 1. The number of rotatable bonds is 3. The maximum Gasteiger partial charge on any atom is 0.266 e. The van der Waals surface area contributed by atoms with Crippen LogP contribution in [-0.4, -0.2) is 11.0 Å². The van der Waals surface area contributed by atoms with Gasteiger partial charge in [-0.2, -0.15) is 5.26 Å². The number of nitrogens with zero attached hydrogens (tertiary/aromatic N) is 1. The summed E-state index contributed by atoms with van der Waals surface area (Å²) in [5.74, 6) is -0.623. The minimum Gasteiger partial charge on any atom is -0.507 e.